The standard InChI is InChI=1S/C16H18FN3O3/c1-10(21)19-4-6-20(7-5-19)15(16(22)23)13-9-18-14-8-11(17)2-3-12(13)14/h2-3,8-9,15,18H,4-7H2,1H3,(H,22,23)/t15-/m1/s1. The van der Waals surface area contributed by atoms with Crippen LogP contribution in [0, 0.1) is 5.82 Å². The number of rotatable bonds is 3. The average Bonchev–Trinajstić information content (AvgIpc) is 2.90. The highest BCUT2D eigenvalue weighted by molar-refractivity contribution is 5.89. The van der Waals surface area contributed by atoms with Crippen molar-refractivity contribution in [3.63, 3.8) is 0 Å². The SMILES string of the molecule is CC(=O)N1CCN([C@@H](C(=O)O)c2c[nH]c3cc(F)ccc23)CC1. The lowest BCUT2D eigenvalue weighted by Crippen LogP contribution is -2.50. The first-order chi connectivity index (χ1) is 11.0. The number of benzene rings is 1. The van der Waals surface area contributed by atoms with Gasteiger partial charge < -0.3 is 15.0 Å². The quantitative estimate of drug-likeness (QED) is 0.901. The van der Waals surface area contributed by atoms with Gasteiger partial charge in [0.2, 0.25) is 5.91 Å². The summed E-state index contributed by atoms with van der Waals surface area (Å²) < 4.78 is 13.3. The zero-order valence-electron chi connectivity index (χ0n) is 12.8. The molecule has 1 aliphatic rings. The molecule has 1 aromatic carbocycles. The van der Waals surface area contributed by atoms with Gasteiger partial charge in [0.15, 0.2) is 0 Å². The maximum Gasteiger partial charge on any atom is 0.325 e. The molecule has 1 aliphatic heterocycles. The zero-order chi connectivity index (χ0) is 16.6. The predicted octanol–water partition coefficient (Wildman–Crippen LogP) is 1.60. The molecule has 2 N–H and O–H groups in total. The van der Waals surface area contributed by atoms with Crippen molar-refractivity contribution in [2.45, 2.75) is 13.0 Å². The summed E-state index contributed by atoms with van der Waals surface area (Å²) in [4.78, 5) is 29.7. The Morgan fingerprint density at radius 3 is 2.57 bits per heavy atom. The van der Waals surface area contributed by atoms with E-state index in [-0.39, 0.29) is 11.7 Å². The number of hydrogen-bond donors (Lipinski definition) is 2. The molecule has 0 unspecified atom stereocenters. The van der Waals surface area contributed by atoms with Crippen molar-refractivity contribution in [2.75, 3.05) is 26.2 Å². The molecule has 2 aromatic rings. The van der Waals surface area contributed by atoms with Crippen LogP contribution in [0.3, 0.4) is 0 Å². The van der Waals surface area contributed by atoms with E-state index in [0.29, 0.717) is 42.6 Å². The van der Waals surface area contributed by atoms with Crippen LogP contribution in [0.1, 0.15) is 18.5 Å². The number of nitrogens with zero attached hydrogens (tertiary/aromatic N) is 2. The minimum absolute atomic E-state index is 0.000838. The van der Waals surface area contributed by atoms with E-state index in [4.69, 9.17) is 0 Å². The second-order valence-electron chi connectivity index (χ2n) is 5.72. The number of fused-ring (bicyclic) bond motifs is 1. The summed E-state index contributed by atoms with van der Waals surface area (Å²) in [6.07, 6.45) is 1.63. The van der Waals surface area contributed by atoms with Gasteiger partial charge >= 0.3 is 5.97 Å². The van der Waals surface area contributed by atoms with Crippen LogP contribution in [-0.2, 0) is 9.59 Å². The average molecular weight is 319 g/mol. The molecular formula is C16H18FN3O3. The van der Waals surface area contributed by atoms with Crippen LogP contribution in [0.2, 0.25) is 0 Å². The van der Waals surface area contributed by atoms with Crippen LogP contribution < -0.4 is 0 Å². The molecule has 0 aliphatic carbocycles. The third kappa shape index (κ3) is 2.92. The van der Waals surface area contributed by atoms with Gasteiger partial charge in [-0.25, -0.2) is 4.39 Å². The summed E-state index contributed by atoms with van der Waals surface area (Å²) in [5.41, 5.74) is 1.19. The van der Waals surface area contributed by atoms with Crippen molar-refractivity contribution in [2.24, 2.45) is 0 Å². The number of carboxylic acids is 1. The highest BCUT2D eigenvalue weighted by Gasteiger charge is 2.32. The molecule has 1 amide bonds. The number of H-pyrrole nitrogens is 1. The number of amides is 1. The molecule has 0 bridgehead atoms. The third-order valence-corrected chi connectivity index (χ3v) is 4.33. The van der Waals surface area contributed by atoms with Crippen molar-refractivity contribution >= 4 is 22.8 Å². The lowest BCUT2D eigenvalue weighted by atomic mass is 10.0. The number of hydrogen-bond acceptors (Lipinski definition) is 3. The van der Waals surface area contributed by atoms with Gasteiger partial charge in [-0.15, -0.1) is 0 Å². The fourth-order valence-electron chi connectivity index (χ4n) is 3.13. The summed E-state index contributed by atoms with van der Waals surface area (Å²) in [6.45, 7) is 3.51. The minimum Gasteiger partial charge on any atom is -0.480 e. The molecule has 1 fully saturated rings. The van der Waals surface area contributed by atoms with Crippen molar-refractivity contribution in [3.8, 4) is 0 Å². The summed E-state index contributed by atoms with van der Waals surface area (Å²) >= 11 is 0. The maximum atomic E-state index is 13.3. The lowest BCUT2D eigenvalue weighted by Gasteiger charge is -2.37. The number of aromatic amines is 1. The summed E-state index contributed by atoms with van der Waals surface area (Å²) in [5.74, 6) is -1.32. The number of carboxylic acid groups (broad SMARTS) is 1. The fourth-order valence-corrected chi connectivity index (χ4v) is 3.13. The van der Waals surface area contributed by atoms with Gasteiger partial charge in [0.1, 0.15) is 11.9 Å². The Hall–Kier alpha value is -2.41. The Kier molecular flexibility index (Phi) is 4.04. The Morgan fingerprint density at radius 1 is 1.26 bits per heavy atom. The van der Waals surface area contributed by atoms with Crippen molar-refractivity contribution in [1.82, 2.24) is 14.8 Å². The van der Waals surface area contributed by atoms with Crippen molar-refractivity contribution in [1.29, 1.82) is 0 Å². The maximum absolute atomic E-state index is 13.3. The van der Waals surface area contributed by atoms with Gasteiger partial charge in [0.25, 0.3) is 0 Å². The number of carbonyl (C=O) groups excluding carboxylic acids is 1. The van der Waals surface area contributed by atoms with E-state index in [9.17, 15) is 19.1 Å². The second kappa shape index (κ2) is 6.00. The summed E-state index contributed by atoms with van der Waals surface area (Å²) in [6, 6.07) is 3.46. The van der Waals surface area contributed by atoms with Crippen LogP contribution in [0.5, 0.6) is 0 Å². The molecule has 23 heavy (non-hydrogen) atoms. The van der Waals surface area contributed by atoms with Gasteiger partial charge in [0.05, 0.1) is 0 Å². The molecule has 6 nitrogen and oxygen atoms in total. The van der Waals surface area contributed by atoms with Crippen LogP contribution in [0.4, 0.5) is 4.39 Å². The number of aromatic nitrogens is 1. The highest BCUT2D eigenvalue weighted by atomic mass is 19.1. The van der Waals surface area contributed by atoms with E-state index in [1.807, 2.05) is 4.90 Å². The van der Waals surface area contributed by atoms with Crippen molar-refractivity contribution in [3.05, 3.63) is 35.8 Å². The number of aliphatic carboxylic acids is 1. The van der Waals surface area contributed by atoms with Crippen LogP contribution in [0.15, 0.2) is 24.4 Å². The smallest absolute Gasteiger partial charge is 0.325 e. The second-order valence-corrected chi connectivity index (χ2v) is 5.72. The first-order valence-corrected chi connectivity index (χ1v) is 7.46. The first kappa shape index (κ1) is 15.5. The molecule has 1 atom stereocenters. The molecular weight excluding hydrogens is 301 g/mol. The zero-order valence-corrected chi connectivity index (χ0v) is 12.8. The van der Waals surface area contributed by atoms with E-state index in [1.165, 1.54) is 19.1 Å². The molecule has 122 valence electrons. The fraction of sp³-hybridized carbons (Fsp3) is 0.375. The molecule has 0 radical (unpaired) electrons. The Balaban J connectivity index is 1.90. The molecule has 7 heteroatoms. The van der Waals surface area contributed by atoms with E-state index in [2.05, 4.69) is 4.98 Å². The van der Waals surface area contributed by atoms with Gasteiger partial charge in [-0.2, -0.15) is 0 Å². The third-order valence-electron chi connectivity index (χ3n) is 4.33. The Bertz CT molecular complexity index is 750. The van der Waals surface area contributed by atoms with Crippen molar-refractivity contribution < 1.29 is 19.1 Å². The van der Waals surface area contributed by atoms with E-state index < -0.39 is 12.0 Å². The molecule has 0 saturated carbocycles. The molecule has 1 aromatic heterocycles. The largest absolute Gasteiger partial charge is 0.480 e. The Morgan fingerprint density at radius 2 is 1.96 bits per heavy atom. The van der Waals surface area contributed by atoms with Crippen LogP contribution >= 0.6 is 0 Å². The summed E-state index contributed by atoms with van der Waals surface area (Å²) in [5, 5.41) is 10.4. The highest BCUT2D eigenvalue weighted by Crippen LogP contribution is 2.29. The molecule has 3 rings (SSSR count). The normalized spacial score (nSPS) is 17.4. The van der Waals surface area contributed by atoms with Crippen LogP contribution in [0.25, 0.3) is 10.9 Å². The molecule has 2 heterocycles. The van der Waals surface area contributed by atoms with Gasteiger partial charge in [-0.1, -0.05) is 0 Å². The lowest BCUT2D eigenvalue weighted by molar-refractivity contribution is -0.144. The Labute approximate surface area is 132 Å². The van der Waals surface area contributed by atoms with E-state index in [1.54, 1.807) is 17.2 Å². The molecule has 1 saturated heterocycles. The number of piperazine rings is 1. The minimum atomic E-state index is -0.952. The predicted molar refractivity (Wildman–Crippen MR) is 82.5 cm³/mol. The number of nitrogens with one attached hydrogen (secondary N) is 1. The van der Waals surface area contributed by atoms with Gasteiger partial charge in [0, 0.05) is 55.8 Å². The number of halogens is 1. The summed E-state index contributed by atoms with van der Waals surface area (Å²) in [7, 11) is 0. The molecule has 0 spiro atoms. The van der Waals surface area contributed by atoms with Crippen LogP contribution in [-0.4, -0.2) is 57.9 Å². The van der Waals surface area contributed by atoms with Gasteiger partial charge in [-0.3, -0.25) is 14.5 Å². The monoisotopic (exact) mass is 319 g/mol. The van der Waals surface area contributed by atoms with Gasteiger partial charge in [-0.05, 0) is 18.2 Å². The topological polar surface area (TPSA) is 76.6 Å². The number of carbonyl (C=O) groups is 2. The first-order valence-electron chi connectivity index (χ1n) is 7.46. The van der Waals surface area contributed by atoms with E-state index in [0.717, 1.165) is 0 Å². The van der Waals surface area contributed by atoms with E-state index >= 15 is 0 Å².